The number of rotatable bonds is 10. The highest BCUT2D eigenvalue weighted by molar-refractivity contribution is 8.15. The van der Waals surface area contributed by atoms with Crippen molar-refractivity contribution in [1.29, 1.82) is 0 Å². The van der Waals surface area contributed by atoms with Crippen LogP contribution in [0.5, 0.6) is 17.2 Å². The van der Waals surface area contributed by atoms with E-state index in [1.54, 1.807) is 50.5 Å². The quantitative estimate of drug-likeness (QED) is 0.366. The first-order chi connectivity index (χ1) is 19.3. The molecule has 0 radical (unpaired) electrons. The van der Waals surface area contributed by atoms with Crippen LogP contribution in [0.4, 0.5) is 11.4 Å². The van der Waals surface area contributed by atoms with Gasteiger partial charge in [-0.1, -0.05) is 17.8 Å². The number of thioether (sulfide) groups is 1. The molecule has 40 heavy (non-hydrogen) atoms. The highest BCUT2D eigenvalue weighted by atomic mass is 32.2. The lowest BCUT2D eigenvalue weighted by Gasteiger charge is -2.32. The number of methoxy groups -OCH3 is 3. The minimum absolute atomic E-state index is 0.0166. The normalized spacial score (nSPS) is 16.0. The predicted octanol–water partition coefficient (Wildman–Crippen LogP) is 4.61. The molecule has 0 spiro atoms. The zero-order valence-electron chi connectivity index (χ0n) is 22.2. The number of amides is 2. The number of carbonyl (C=O) groups is 3. The monoisotopic (exact) mass is 563 g/mol. The van der Waals surface area contributed by atoms with Crippen molar-refractivity contribution >= 4 is 46.1 Å². The van der Waals surface area contributed by atoms with Crippen LogP contribution in [0.15, 0.2) is 71.7 Å². The van der Waals surface area contributed by atoms with E-state index in [2.05, 4.69) is 5.32 Å². The number of benzene rings is 3. The van der Waals surface area contributed by atoms with E-state index in [1.807, 2.05) is 18.2 Å². The van der Waals surface area contributed by atoms with Gasteiger partial charge in [0.2, 0.25) is 11.8 Å². The number of carboxylic acids is 1. The van der Waals surface area contributed by atoms with Crippen LogP contribution >= 0.6 is 11.8 Å². The molecule has 1 aliphatic rings. The highest BCUT2D eigenvalue weighted by Gasteiger charge is 2.36. The van der Waals surface area contributed by atoms with Gasteiger partial charge in [-0.05, 0) is 72.6 Å². The minimum Gasteiger partial charge on any atom is -0.497 e. The van der Waals surface area contributed by atoms with Gasteiger partial charge in [0.15, 0.2) is 16.7 Å². The third kappa shape index (κ3) is 6.92. The van der Waals surface area contributed by atoms with Crippen LogP contribution in [-0.2, 0) is 16.0 Å². The van der Waals surface area contributed by atoms with Crippen LogP contribution in [0.1, 0.15) is 22.3 Å². The number of ether oxygens (including phenoxy) is 3. The van der Waals surface area contributed by atoms with Crippen LogP contribution in [0, 0.1) is 0 Å². The lowest BCUT2D eigenvalue weighted by Crippen LogP contribution is -2.46. The van der Waals surface area contributed by atoms with Gasteiger partial charge in [0.25, 0.3) is 0 Å². The number of hydrogen-bond donors (Lipinski definition) is 2. The average molecular weight is 564 g/mol. The van der Waals surface area contributed by atoms with E-state index >= 15 is 0 Å². The molecule has 1 atom stereocenters. The summed E-state index contributed by atoms with van der Waals surface area (Å²) in [5, 5.41) is 11.6. The summed E-state index contributed by atoms with van der Waals surface area (Å²) in [4.78, 5) is 43.9. The second kappa shape index (κ2) is 13.0. The minimum atomic E-state index is -1.06. The molecule has 3 aromatic carbocycles. The molecule has 3 aromatic rings. The van der Waals surface area contributed by atoms with E-state index in [4.69, 9.17) is 24.3 Å². The molecule has 2 amide bonds. The Morgan fingerprint density at radius 3 is 2.30 bits per heavy atom. The fourth-order valence-electron chi connectivity index (χ4n) is 4.02. The molecule has 208 valence electrons. The summed E-state index contributed by atoms with van der Waals surface area (Å²) in [5.74, 6) is 0.228. The SMILES string of the molecule is COc1ccc(N=C2S[C@H](C(=O)Nc3ccc(C(=O)O)cc3)CC(=O)N2CCc2ccc(OC)c(OC)c2)cc1. The summed E-state index contributed by atoms with van der Waals surface area (Å²) in [7, 11) is 4.71. The molecule has 1 fully saturated rings. The number of nitrogens with zero attached hydrogens (tertiary/aromatic N) is 2. The largest absolute Gasteiger partial charge is 0.497 e. The summed E-state index contributed by atoms with van der Waals surface area (Å²) in [6.07, 6.45) is 0.512. The van der Waals surface area contributed by atoms with Crippen molar-refractivity contribution in [3.63, 3.8) is 0 Å². The Morgan fingerprint density at radius 1 is 0.975 bits per heavy atom. The van der Waals surface area contributed by atoms with E-state index < -0.39 is 11.2 Å². The van der Waals surface area contributed by atoms with Gasteiger partial charge in [-0.2, -0.15) is 0 Å². The first kappa shape index (κ1) is 28.5. The van der Waals surface area contributed by atoms with Crippen molar-refractivity contribution in [3.8, 4) is 17.2 Å². The second-order valence-electron chi connectivity index (χ2n) is 8.76. The van der Waals surface area contributed by atoms with E-state index in [9.17, 15) is 14.4 Å². The summed E-state index contributed by atoms with van der Waals surface area (Å²) >= 11 is 1.21. The molecule has 0 saturated carbocycles. The van der Waals surface area contributed by atoms with E-state index in [0.717, 1.165) is 5.56 Å². The number of amidine groups is 1. The zero-order chi connectivity index (χ0) is 28.6. The summed E-state index contributed by atoms with van der Waals surface area (Å²) in [6.45, 7) is 0.349. The van der Waals surface area contributed by atoms with Gasteiger partial charge in [0.1, 0.15) is 11.0 Å². The van der Waals surface area contributed by atoms with Gasteiger partial charge in [-0.25, -0.2) is 9.79 Å². The Labute approximate surface area is 236 Å². The molecular formula is C29H29N3O7S. The molecule has 11 heteroatoms. The zero-order valence-corrected chi connectivity index (χ0v) is 23.1. The molecule has 0 unspecified atom stereocenters. The Hall–Kier alpha value is -4.51. The van der Waals surface area contributed by atoms with Crippen molar-refractivity contribution in [1.82, 2.24) is 4.90 Å². The predicted molar refractivity (Wildman–Crippen MR) is 153 cm³/mol. The summed E-state index contributed by atoms with van der Waals surface area (Å²) in [5.41, 5.74) is 2.10. The lowest BCUT2D eigenvalue weighted by atomic mass is 10.1. The number of anilines is 1. The smallest absolute Gasteiger partial charge is 0.335 e. The maximum atomic E-state index is 13.3. The maximum absolute atomic E-state index is 13.3. The fourth-order valence-corrected chi connectivity index (χ4v) is 5.15. The Morgan fingerprint density at radius 2 is 1.68 bits per heavy atom. The Bertz CT molecular complexity index is 1410. The Kier molecular flexibility index (Phi) is 9.28. The topological polar surface area (TPSA) is 127 Å². The molecule has 0 aromatic heterocycles. The first-order valence-electron chi connectivity index (χ1n) is 12.4. The molecule has 10 nitrogen and oxygen atoms in total. The molecule has 1 saturated heterocycles. The van der Waals surface area contributed by atoms with Crippen molar-refractivity contribution in [2.45, 2.75) is 18.1 Å². The number of hydrogen-bond acceptors (Lipinski definition) is 8. The van der Waals surface area contributed by atoms with Crippen LogP contribution < -0.4 is 19.5 Å². The lowest BCUT2D eigenvalue weighted by molar-refractivity contribution is -0.129. The molecule has 1 heterocycles. The van der Waals surface area contributed by atoms with Crippen LogP contribution in [-0.4, -0.2) is 66.1 Å². The third-order valence-electron chi connectivity index (χ3n) is 6.20. The van der Waals surface area contributed by atoms with E-state index in [1.165, 1.54) is 36.0 Å². The number of carboxylic acid groups (broad SMARTS) is 1. The van der Waals surface area contributed by atoms with Gasteiger partial charge in [-0.15, -0.1) is 0 Å². The van der Waals surface area contributed by atoms with Gasteiger partial charge >= 0.3 is 5.97 Å². The number of aliphatic imine (C=N–C) groups is 1. The van der Waals surface area contributed by atoms with Gasteiger partial charge in [0.05, 0.1) is 32.6 Å². The Balaban J connectivity index is 1.54. The second-order valence-corrected chi connectivity index (χ2v) is 9.93. The number of carbonyl (C=O) groups excluding carboxylic acids is 2. The highest BCUT2D eigenvalue weighted by Crippen LogP contribution is 2.32. The van der Waals surface area contributed by atoms with Crippen molar-refractivity contribution in [2.24, 2.45) is 4.99 Å². The van der Waals surface area contributed by atoms with Crippen LogP contribution in [0.2, 0.25) is 0 Å². The van der Waals surface area contributed by atoms with Gasteiger partial charge in [0, 0.05) is 18.7 Å². The average Bonchev–Trinajstić information content (AvgIpc) is 2.97. The van der Waals surface area contributed by atoms with E-state index in [0.29, 0.717) is 46.8 Å². The molecule has 1 aliphatic heterocycles. The van der Waals surface area contributed by atoms with Gasteiger partial charge in [-0.3, -0.25) is 14.5 Å². The number of aromatic carboxylic acids is 1. The van der Waals surface area contributed by atoms with Crippen molar-refractivity contribution < 1.29 is 33.7 Å². The fraction of sp³-hybridized carbons (Fsp3) is 0.241. The van der Waals surface area contributed by atoms with E-state index in [-0.39, 0.29) is 23.8 Å². The van der Waals surface area contributed by atoms with Crippen molar-refractivity contribution in [2.75, 3.05) is 33.2 Å². The standard InChI is InChI=1S/C29H29N3O7S/c1-37-22-11-9-21(10-12-22)31-29-32(15-14-18-4-13-23(38-2)24(16-18)39-3)26(33)17-25(40-29)27(34)30-20-7-5-19(6-8-20)28(35)36/h4-13,16,25H,14-15,17H2,1-3H3,(H,30,34)(H,35,36)/t25-/m0/s1. The van der Waals surface area contributed by atoms with Crippen molar-refractivity contribution in [3.05, 3.63) is 77.9 Å². The van der Waals surface area contributed by atoms with Crippen LogP contribution in [0.3, 0.4) is 0 Å². The molecule has 4 rings (SSSR count). The maximum Gasteiger partial charge on any atom is 0.335 e. The summed E-state index contributed by atoms with van der Waals surface area (Å²) in [6, 6.07) is 18.5. The third-order valence-corrected chi connectivity index (χ3v) is 7.39. The summed E-state index contributed by atoms with van der Waals surface area (Å²) < 4.78 is 15.9. The molecule has 0 aliphatic carbocycles. The van der Waals surface area contributed by atoms with Gasteiger partial charge < -0.3 is 24.6 Å². The molecule has 0 bridgehead atoms. The molecule has 2 N–H and O–H groups in total. The van der Waals surface area contributed by atoms with Crippen LogP contribution in [0.25, 0.3) is 0 Å². The molecular weight excluding hydrogens is 534 g/mol. The first-order valence-corrected chi connectivity index (χ1v) is 13.2. The number of nitrogens with one attached hydrogen (secondary N) is 1.